The van der Waals surface area contributed by atoms with Gasteiger partial charge in [-0.1, -0.05) is 11.2 Å². The first-order valence-corrected chi connectivity index (χ1v) is 7.11. The molecule has 2 aromatic rings. The quantitative estimate of drug-likeness (QED) is 0.863. The highest BCUT2D eigenvalue weighted by atomic mass is 16.5. The van der Waals surface area contributed by atoms with Gasteiger partial charge in [-0.25, -0.2) is 0 Å². The highest BCUT2D eigenvalue weighted by molar-refractivity contribution is 5.79. The fourth-order valence-electron chi connectivity index (χ4n) is 2.59. The summed E-state index contributed by atoms with van der Waals surface area (Å²) in [7, 11) is 3.39. The van der Waals surface area contributed by atoms with Crippen LogP contribution in [0.4, 0.5) is 0 Å². The van der Waals surface area contributed by atoms with Gasteiger partial charge in [-0.15, -0.1) is 0 Å². The lowest BCUT2D eigenvalue weighted by Gasteiger charge is -2.28. The van der Waals surface area contributed by atoms with Crippen LogP contribution in [-0.4, -0.2) is 36.7 Å². The van der Waals surface area contributed by atoms with Gasteiger partial charge in [0.2, 0.25) is 5.91 Å². The van der Waals surface area contributed by atoms with Gasteiger partial charge in [0.1, 0.15) is 30.1 Å². The second-order valence-electron chi connectivity index (χ2n) is 5.37. The molecule has 0 unspecified atom stereocenters. The van der Waals surface area contributed by atoms with Crippen LogP contribution in [-0.2, 0) is 17.8 Å². The minimum atomic E-state index is -0.183. The first-order chi connectivity index (χ1) is 10.7. The van der Waals surface area contributed by atoms with Crippen LogP contribution in [0.1, 0.15) is 11.3 Å². The second kappa shape index (κ2) is 6.09. The van der Waals surface area contributed by atoms with Crippen molar-refractivity contribution in [2.45, 2.75) is 13.0 Å². The maximum atomic E-state index is 12.5. The monoisotopic (exact) mass is 302 g/mol. The number of nitrogens with zero attached hydrogens (tertiary/aromatic N) is 2. The molecule has 0 fully saturated rings. The molecule has 0 bridgehead atoms. The van der Waals surface area contributed by atoms with Crippen molar-refractivity contribution in [3.8, 4) is 11.5 Å². The molecule has 116 valence electrons. The molecule has 1 amide bonds. The predicted molar refractivity (Wildman–Crippen MR) is 78.7 cm³/mol. The number of fused-ring (bicyclic) bond motifs is 1. The maximum Gasteiger partial charge on any atom is 0.229 e. The Bertz CT molecular complexity index is 654. The van der Waals surface area contributed by atoms with Crippen molar-refractivity contribution in [3.63, 3.8) is 0 Å². The lowest BCUT2D eigenvalue weighted by atomic mass is 9.95. The van der Waals surface area contributed by atoms with E-state index in [9.17, 15) is 4.79 Å². The number of aromatic nitrogens is 1. The van der Waals surface area contributed by atoms with E-state index in [0.717, 1.165) is 22.8 Å². The number of carbonyl (C=O) groups is 1. The molecule has 1 aromatic heterocycles. The molecule has 1 aliphatic heterocycles. The SMILES string of the molecule is COc1ccc2c(c1)OC[C@@H](C(=O)N(C)Cc1ccon1)C2. The Balaban J connectivity index is 1.67. The Morgan fingerprint density at radius 3 is 3.05 bits per heavy atom. The molecule has 0 radical (unpaired) electrons. The average molecular weight is 302 g/mol. The number of hydrogen-bond acceptors (Lipinski definition) is 5. The normalized spacial score (nSPS) is 16.5. The molecule has 0 N–H and O–H groups in total. The number of carbonyl (C=O) groups excluding carboxylic acids is 1. The van der Waals surface area contributed by atoms with Crippen molar-refractivity contribution in [1.29, 1.82) is 0 Å². The van der Waals surface area contributed by atoms with Gasteiger partial charge in [-0.3, -0.25) is 4.79 Å². The number of hydrogen-bond donors (Lipinski definition) is 0. The third-order valence-electron chi connectivity index (χ3n) is 3.80. The zero-order valence-corrected chi connectivity index (χ0v) is 12.6. The van der Waals surface area contributed by atoms with Crippen molar-refractivity contribution in [2.75, 3.05) is 20.8 Å². The van der Waals surface area contributed by atoms with Crippen molar-refractivity contribution in [2.24, 2.45) is 5.92 Å². The molecular weight excluding hydrogens is 284 g/mol. The van der Waals surface area contributed by atoms with Crippen LogP contribution in [0.25, 0.3) is 0 Å². The van der Waals surface area contributed by atoms with Crippen molar-refractivity contribution in [1.82, 2.24) is 10.1 Å². The van der Waals surface area contributed by atoms with E-state index in [2.05, 4.69) is 5.16 Å². The molecule has 1 aromatic carbocycles. The molecule has 0 saturated carbocycles. The summed E-state index contributed by atoms with van der Waals surface area (Å²) in [6.07, 6.45) is 2.17. The van der Waals surface area contributed by atoms with Crippen LogP contribution in [0.3, 0.4) is 0 Å². The summed E-state index contributed by atoms with van der Waals surface area (Å²) < 4.78 is 15.7. The summed E-state index contributed by atoms with van der Waals surface area (Å²) in [6.45, 7) is 0.809. The summed E-state index contributed by atoms with van der Waals surface area (Å²) in [6, 6.07) is 7.44. The first kappa shape index (κ1) is 14.4. The van der Waals surface area contributed by atoms with Gasteiger partial charge in [-0.05, 0) is 18.1 Å². The number of amides is 1. The van der Waals surface area contributed by atoms with Gasteiger partial charge in [0.05, 0.1) is 19.6 Å². The van der Waals surface area contributed by atoms with Gasteiger partial charge in [-0.2, -0.15) is 0 Å². The van der Waals surface area contributed by atoms with E-state index in [0.29, 0.717) is 19.6 Å². The van der Waals surface area contributed by atoms with Gasteiger partial charge < -0.3 is 18.9 Å². The van der Waals surface area contributed by atoms with Crippen LogP contribution in [0.15, 0.2) is 35.1 Å². The highest BCUT2D eigenvalue weighted by Gasteiger charge is 2.28. The standard InChI is InChI=1S/C16H18N2O4/c1-18(9-13-5-6-22-17-13)16(19)12-7-11-3-4-14(20-2)8-15(11)21-10-12/h3-6,8,12H,7,9-10H2,1-2H3/t12-/m0/s1. The molecule has 0 aliphatic carbocycles. The van der Waals surface area contributed by atoms with E-state index in [1.165, 1.54) is 6.26 Å². The molecule has 1 atom stereocenters. The van der Waals surface area contributed by atoms with Gasteiger partial charge in [0, 0.05) is 19.2 Å². The largest absolute Gasteiger partial charge is 0.497 e. The maximum absolute atomic E-state index is 12.5. The Morgan fingerprint density at radius 2 is 2.32 bits per heavy atom. The van der Waals surface area contributed by atoms with Gasteiger partial charge in [0.25, 0.3) is 0 Å². The van der Waals surface area contributed by atoms with E-state index < -0.39 is 0 Å². The fraction of sp³-hybridized carbons (Fsp3) is 0.375. The molecule has 6 nitrogen and oxygen atoms in total. The molecule has 0 spiro atoms. The van der Waals surface area contributed by atoms with E-state index >= 15 is 0 Å². The van der Waals surface area contributed by atoms with Gasteiger partial charge in [0.15, 0.2) is 0 Å². The topological polar surface area (TPSA) is 64.8 Å². The zero-order valence-electron chi connectivity index (χ0n) is 12.6. The van der Waals surface area contributed by atoms with E-state index in [-0.39, 0.29) is 11.8 Å². The Morgan fingerprint density at radius 1 is 1.45 bits per heavy atom. The number of ether oxygens (including phenoxy) is 2. The third kappa shape index (κ3) is 2.90. The van der Waals surface area contributed by atoms with Crippen molar-refractivity contribution in [3.05, 3.63) is 41.8 Å². The average Bonchev–Trinajstić information content (AvgIpc) is 3.06. The summed E-state index contributed by atoms with van der Waals surface area (Å²) in [4.78, 5) is 14.2. The van der Waals surface area contributed by atoms with E-state index in [1.807, 2.05) is 18.2 Å². The first-order valence-electron chi connectivity index (χ1n) is 7.11. The predicted octanol–water partition coefficient (Wildman–Crippen LogP) is 1.89. The molecule has 0 saturated heterocycles. The summed E-state index contributed by atoms with van der Waals surface area (Å²) in [5.74, 6) is 1.41. The van der Waals surface area contributed by atoms with E-state index in [4.69, 9.17) is 14.0 Å². The fourth-order valence-corrected chi connectivity index (χ4v) is 2.59. The molecule has 3 rings (SSSR count). The Kier molecular flexibility index (Phi) is 4.00. The summed E-state index contributed by atoms with van der Waals surface area (Å²) in [5.41, 5.74) is 1.76. The summed E-state index contributed by atoms with van der Waals surface area (Å²) >= 11 is 0. The van der Waals surface area contributed by atoms with Crippen molar-refractivity contribution >= 4 is 5.91 Å². The highest BCUT2D eigenvalue weighted by Crippen LogP contribution is 2.31. The zero-order chi connectivity index (χ0) is 15.5. The van der Waals surface area contributed by atoms with Crippen LogP contribution in [0.5, 0.6) is 11.5 Å². The minimum Gasteiger partial charge on any atom is -0.497 e. The number of rotatable bonds is 4. The second-order valence-corrected chi connectivity index (χ2v) is 5.37. The lowest BCUT2D eigenvalue weighted by Crippen LogP contribution is -2.38. The van der Waals surface area contributed by atoms with Crippen LogP contribution in [0.2, 0.25) is 0 Å². The Labute approximate surface area is 128 Å². The van der Waals surface area contributed by atoms with Crippen molar-refractivity contribution < 1.29 is 18.8 Å². The van der Waals surface area contributed by atoms with Gasteiger partial charge >= 0.3 is 0 Å². The number of methoxy groups -OCH3 is 1. The van der Waals surface area contributed by atoms with Crippen LogP contribution < -0.4 is 9.47 Å². The van der Waals surface area contributed by atoms with Crippen LogP contribution >= 0.6 is 0 Å². The molecular formula is C16H18N2O4. The molecule has 1 aliphatic rings. The Hall–Kier alpha value is -2.50. The minimum absolute atomic E-state index is 0.0458. The lowest BCUT2D eigenvalue weighted by molar-refractivity contribution is -0.136. The summed E-state index contributed by atoms with van der Waals surface area (Å²) in [5, 5.41) is 3.82. The van der Waals surface area contributed by atoms with E-state index in [1.54, 1.807) is 25.1 Å². The number of benzene rings is 1. The smallest absolute Gasteiger partial charge is 0.229 e. The third-order valence-corrected chi connectivity index (χ3v) is 3.80. The molecule has 6 heteroatoms. The molecule has 2 heterocycles. The van der Waals surface area contributed by atoms with Crippen LogP contribution in [0, 0.1) is 5.92 Å². The molecule has 22 heavy (non-hydrogen) atoms.